The lowest BCUT2D eigenvalue weighted by Gasteiger charge is -2.33. The number of carbonyl (C=O) groups excluding carboxylic acids is 2. The molecule has 0 bridgehead atoms. The predicted octanol–water partition coefficient (Wildman–Crippen LogP) is 6.28. The van der Waals surface area contributed by atoms with Crippen molar-refractivity contribution < 1.29 is 18.0 Å². The third kappa shape index (κ3) is 7.42. The van der Waals surface area contributed by atoms with Gasteiger partial charge in [-0.05, 0) is 80.6 Å². The number of benzene rings is 3. The van der Waals surface area contributed by atoms with Gasteiger partial charge < -0.3 is 10.2 Å². The van der Waals surface area contributed by atoms with Crippen molar-refractivity contribution in [3.8, 4) is 0 Å². The molecule has 0 saturated heterocycles. The maximum Gasteiger partial charge on any atom is 0.264 e. The van der Waals surface area contributed by atoms with E-state index >= 15 is 0 Å². The zero-order chi connectivity index (χ0) is 29.7. The van der Waals surface area contributed by atoms with Gasteiger partial charge in [0.1, 0.15) is 12.6 Å². The third-order valence-corrected chi connectivity index (χ3v) is 9.96. The maximum atomic E-state index is 14.1. The van der Waals surface area contributed by atoms with Crippen LogP contribution in [0.3, 0.4) is 0 Å². The molecule has 1 N–H and O–H groups in total. The minimum Gasteiger partial charge on any atom is -0.352 e. The van der Waals surface area contributed by atoms with Gasteiger partial charge in [-0.1, -0.05) is 72.4 Å². The van der Waals surface area contributed by atoms with Crippen LogP contribution in [0.1, 0.15) is 49.3 Å². The first kappa shape index (κ1) is 30.9. The van der Waals surface area contributed by atoms with Gasteiger partial charge in [0.15, 0.2) is 0 Å². The van der Waals surface area contributed by atoms with Gasteiger partial charge in [0.25, 0.3) is 10.0 Å². The Balaban J connectivity index is 1.72. The molecule has 1 aliphatic rings. The monoisotopic (exact) mass is 615 g/mol. The molecule has 2 amide bonds. The van der Waals surface area contributed by atoms with E-state index < -0.39 is 28.5 Å². The van der Waals surface area contributed by atoms with Crippen LogP contribution in [0.25, 0.3) is 0 Å². The van der Waals surface area contributed by atoms with Gasteiger partial charge in [-0.25, -0.2) is 8.42 Å². The quantitative estimate of drug-likeness (QED) is 0.291. The highest BCUT2D eigenvalue weighted by Crippen LogP contribution is 2.29. The average Bonchev–Trinajstić information content (AvgIpc) is 3.46. The minimum absolute atomic E-state index is 0.0427. The van der Waals surface area contributed by atoms with E-state index in [9.17, 15) is 18.0 Å². The second-order valence-electron chi connectivity index (χ2n) is 10.6. The first-order valence-corrected chi connectivity index (χ1v) is 15.9. The number of nitrogens with one attached hydrogen (secondary N) is 1. The van der Waals surface area contributed by atoms with Gasteiger partial charge in [0, 0.05) is 12.6 Å². The van der Waals surface area contributed by atoms with E-state index in [1.54, 1.807) is 56.3 Å². The Kier molecular flexibility index (Phi) is 10.00. The van der Waals surface area contributed by atoms with Crippen LogP contribution in [0.4, 0.5) is 5.69 Å². The number of sulfonamides is 1. The summed E-state index contributed by atoms with van der Waals surface area (Å²) in [6.07, 6.45) is 3.89. The maximum absolute atomic E-state index is 14.1. The lowest BCUT2D eigenvalue weighted by molar-refractivity contribution is -0.139. The summed E-state index contributed by atoms with van der Waals surface area (Å²) in [7, 11) is -4.13. The molecule has 7 nitrogen and oxygen atoms in total. The van der Waals surface area contributed by atoms with Gasteiger partial charge in [-0.15, -0.1) is 0 Å². The molecule has 0 spiro atoms. The topological polar surface area (TPSA) is 86.8 Å². The molecule has 218 valence electrons. The Morgan fingerprint density at radius 2 is 1.63 bits per heavy atom. The molecule has 0 radical (unpaired) electrons. The van der Waals surface area contributed by atoms with Crippen LogP contribution in [0.2, 0.25) is 10.0 Å². The van der Waals surface area contributed by atoms with E-state index in [1.807, 2.05) is 19.1 Å². The Labute approximate surface area is 252 Å². The van der Waals surface area contributed by atoms with E-state index in [4.69, 9.17) is 23.2 Å². The average molecular weight is 617 g/mol. The summed E-state index contributed by atoms with van der Waals surface area (Å²) in [5, 5.41) is 3.76. The molecule has 3 aromatic carbocycles. The van der Waals surface area contributed by atoms with Gasteiger partial charge in [0.2, 0.25) is 11.8 Å². The molecule has 0 aromatic heterocycles. The largest absolute Gasteiger partial charge is 0.352 e. The number of carbonyl (C=O) groups is 2. The summed E-state index contributed by atoms with van der Waals surface area (Å²) in [5.41, 5.74) is 2.62. The van der Waals surface area contributed by atoms with E-state index in [1.165, 1.54) is 17.0 Å². The molecular weight excluding hydrogens is 581 g/mol. The van der Waals surface area contributed by atoms with Crippen molar-refractivity contribution in [1.82, 2.24) is 10.2 Å². The Morgan fingerprint density at radius 3 is 2.29 bits per heavy atom. The molecule has 41 heavy (non-hydrogen) atoms. The highest BCUT2D eigenvalue weighted by Gasteiger charge is 2.34. The van der Waals surface area contributed by atoms with Crippen molar-refractivity contribution >= 4 is 50.7 Å². The molecule has 3 aromatic rings. The number of anilines is 1. The molecule has 1 atom stereocenters. The highest BCUT2D eigenvalue weighted by atomic mass is 35.5. The second-order valence-corrected chi connectivity index (χ2v) is 13.2. The zero-order valence-electron chi connectivity index (χ0n) is 23.4. The predicted molar refractivity (Wildman–Crippen MR) is 164 cm³/mol. The Morgan fingerprint density at radius 1 is 0.951 bits per heavy atom. The van der Waals surface area contributed by atoms with Crippen LogP contribution in [0, 0.1) is 13.8 Å². The normalized spacial score (nSPS) is 14.5. The molecular formula is C31H35Cl2N3O4S. The van der Waals surface area contributed by atoms with E-state index in [2.05, 4.69) is 5.32 Å². The molecule has 0 unspecified atom stereocenters. The fourth-order valence-electron chi connectivity index (χ4n) is 5.03. The third-order valence-electron chi connectivity index (χ3n) is 7.45. The molecule has 1 fully saturated rings. The highest BCUT2D eigenvalue weighted by molar-refractivity contribution is 7.92. The smallest absolute Gasteiger partial charge is 0.264 e. The summed E-state index contributed by atoms with van der Waals surface area (Å²) in [6.45, 7) is 4.88. The summed E-state index contributed by atoms with van der Waals surface area (Å²) in [6, 6.07) is 17.7. The number of amides is 2. The summed E-state index contributed by atoms with van der Waals surface area (Å²) < 4.78 is 29.1. The fourth-order valence-corrected chi connectivity index (χ4v) is 6.84. The zero-order valence-corrected chi connectivity index (χ0v) is 25.8. The van der Waals surface area contributed by atoms with Gasteiger partial charge >= 0.3 is 0 Å². The van der Waals surface area contributed by atoms with Crippen LogP contribution in [-0.4, -0.2) is 43.8 Å². The van der Waals surface area contributed by atoms with Crippen molar-refractivity contribution in [2.24, 2.45) is 0 Å². The van der Waals surface area contributed by atoms with E-state index in [-0.39, 0.29) is 23.4 Å². The van der Waals surface area contributed by atoms with E-state index in [0.717, 1.165) is 35.6 Å². The minimum atomic E-state index is -4.13. The van der Waals surface area contributed by atoms with Gasteiger partial charge in [-0.2, -0.15) is 0 Å². The van der Waals surface area contributed by atoms with Crippen LogP contribution in [0.5, 0.6) is 0 Å². The molecule has 1 saturated carbocycles. The lowest BCUT2D eigenvalue weighted by Crippen LogP contribution is -2.52. The van der Waals surface area contributed by atoms with Crippen molar-refractivity contribution in [3.05, 3.63) is 93.5 Å². The number of hydrogen-bond acceptors (Lipinski definition) is 4. The molecule has 1 aliphatic carbocycles. The second kappa shape index (κ2) is 13.3. The Bertz CT molecular complexity index is 1510. The number of nitrogens with zero attached hydrogens (tertiary/aromatic N) is 2. The van der Waals surface area contributed by atoms with Gasteiger partial charge in [0.05, 0.1) is 20.6 Å². The molecule has 4 rings (SSSR count). The SMILES string of the molecule is Cc1ccc(C)c(N(CC(=O)N(Cc2ccc(Cl)c(Cl)c2)[C@H](C)C(=O)NC2CCCC2)S(=O)(=O)c2ccccc2)c1. The number of halogens is 2. The Hall–Kier alpha value is -3.07. The first-order valence-electron chi connectivity index (χ1n) is 13.7. The molecule has 10 heteroatoms. The van der Waals surface area contributed by atoms with Crippen molar-refractivity contribution in [2.45, 2.75) is 70.0 Å². The summed E-state index contributed by atoms with van der Waals surface area (Å²) in [5.74, 6) is -0.805. The number of rotatable bonds is 10. The van der Waals surface area contributed by atoms with Crippen molar-refractivity contribution in [1.29, 1.82) is 0 Å². The standard InChI is InChI=1S/C31H35Cl2N3O4S/c1-21-13-14-22(2)29(17-21)36(41(39,40)26-11-5-4-6-12-26)20-30(37)35(19-24-15-16-27(32)28(33)18-24)23(3)31(38)34-25-9-7-8-10-25/h4-6,11-18,23,25H,7-10,19-20H2,1-3H3,(H,34,38)/t23-/m1/s1. The van der Waals surface area contributed by atoms with Crippen LogP contribution < -0.4 is 9.62 Å². The van der Waals surface area contributed by atoms with E-state index in [0.29, 0.717) is 26.9 Å². The van der Waals surface area contributed by atoms with Gasteiger partial charge in [-0.3, -0.25) is 13.9 Å². The van der Waals surface area contributed by atoms with Crippen molar-refractivity contribution in [3.63, 3.8) is 0 Å². The van der Waals surface area contributed by atoms with Crippen LogP contribution >= 0.6 is 23.2 Å². The molecule has 0 aliphatic heterocycles. The number of hydrogen-bond donors (Lipinski definition) is 1. The van der Waals surface area contributed by atoms with Crippen molar-refractivity contribution in [2.75, 3.05) is 10.8 Å². The first-order chi connectivity index (χ1) is 19.5. The lowest BCUT2D eigenvalue weighted by atomic mass is 10.1. The number of aryl methyl sites for hydroxylation is 2. The van der Waals surface area contributed by atoms with Crippen LogP contribution in [0.15, 0.2) is 71.6 Å². The molecule has 0 heterocycles. The fraction of sp³-hybridized carbons (Fsp3) is 0.355. The summed E-state index contributed by atoms with van der Waals surface area (Å²) >= 11 is 12.4. The summed E-state index contributed by atoms with van der Waals surface area (Å²) in [4.78, 5) is 28.9. The van der Waals surface area contributed by atoms with Crippen LogP contribution in [-0.2, 0) is 26.2 Å².